The van der Waals surface area contributed by atoms with Gasteiger partial charge in [-0.3, -0.25) is 4.21 Å². The SMILES string of the molecule is CC(C)(C)[S@](=O)Cc1cccc(NC(=O)N2CCCCCC2)c1. The summed E-state index contributed by atoms with van der Waals surface area (Å²) >= 11 is 0. The molecule has 0 radical (unpaired) electrons. The summed E-state index contributed by atoms with van der Waals surface area (Å²) in [4.78, 5) is 14.3. The molecule has 0 aliphatic carbocycles. The highest BCUT2D eigenvalue weighted by atomic mass is 32.2. The average molecular weight is 337 g/mol. The largest absolute Gasteiger partial charge is 0.325 e. The van der Waals surface area contributed by atoms with E-state index < -0.39 is 10.8 Å². The van der Waals surface area contributed by atoms with Crippen LogP contribution < -0.4 is 5.32 Å². The Hall–Kier alpha value is -1.36. The smallest absolute Gasteiger partial charge is 0.321 e. The fourth-order valence-corrected chi connectivity index (χ4v) is 3.50. The lowest BCUT2D eigenvalue weighted by molar-refractivity contribution is 0.214. The number of hydrogen-bond donors (Lipinski definition) is 1. The molecule has 0 aromatic heterocycles. The topological polar surface area (TPSA) is 49.4 Å². The second kappa shape index (κ2) is 7.95. The Morgan fingerprint density at radius 2 is 1.83 bits per heavy atom. The minimum Gasteiger partial charge on any atom is -0.325 e. The maximum Gasteiger partial charge on any atom is 0.321 e. The number of urea groups is 1. The van der Waals surface area contributed by atoms with Crippen molar-refractivity contribution in [2.45, 2.75) is 57.0 Å². The molecule has 1 heterocycles. The standard InChI is InChI=1S/C18H28N2O2S/c1-18(2,3)23(22)14-15-9-8-10-16(13-15)19-17(21)20-11-6-4-5-7-12-20/h8-10,13H,4-7,11-12,14H2,1-3H3,(H,19,21)/t23-/m1/s1. The normalized spacial score (nSPS) is 17.4. The van der Waals surface area contributed by atoms with Crippen LogP contribution in [0.3, 0.4) is 0 Å². The van der Waals surface area contributed by atoms with Crippen LogP contribution in [0, 0.1) is 0 Å². The number of anilines is 1. The summed E-state index contributed by atoms with van der Waals surface area (Å²) in [6.45, 7) is 7.61. The molecule has 0 bridgehead atoms. The molecule has 5 heteroatoms. The van der Waals surface area contributed by atoms with Gasteiger partial charge in [-0.2, -0.15) is 0 Å². The fourth-order valence-electron chi connectivity index (χ4n) is 2.58. The molecule has 1 atom stereocenters. The summed E-state index contributed by atoms with van der Waals surface area (Å²) in [7, 11) is -0.939. The predicted molar refractivity (Wildman–Crippen MR) is 97.1 cm³/mol. The van der Waals surface area contributed by atoms with E-state index in [0.29, 0.717) is 5.75 Å². The van der Waals surface area contributed by atoms with Gasteiger partial charge in [0.1, 0.15) is 0 Å². The first-order valence-electron chi connectivity index (χ1n) is 8.39. The summed E-state index contributed by atoms with van der Waals surface area (Å²) in [6.07, 6.45) is 4.58. The first-order valence-corrected chi connectivity index (χ1v) is 9.71. The van der Waals surface area contributed by atoms with Gasteiger partial charge < -0.3 is 10.2 Å². The molecule has 0 spiro atoms. The van der Waals surface area contributed by atoms with Crippen LogP contribution in [0.15, 0.2) is 24.3 Å². The third-order valence-corrected chi connectivity index (χ3v) is 6.01. The lowest BCUT2D eigenvalue weighted by atomic mass is 10.2. The van der Waals surface area contributed by atoms with Gasteiger partial charge in [0.05, 0.1) is 0 Å². The van der Waals surface area contributed by atoms with E-state index in [4.69, 9.17) is 0 Å². The molecule has 2 rings (SSSR count). The van der Waals surface area contributed by atoms with Crippen LogP contribution in [0.4, 0.5) is 10.5 Å². The van der Waals surface area contributed by atoms with Crippen LogP contribution >= 0.6 is 0 Å². The van der Waals surface area contributed by atoms with Crippen molar-refractivity contribution in [3.8, 4) is 0 Å². The summed E-state index contributed by atoms with van der Waals surface area (Å²) in [6, 6.07) is 7.66. The second-order valence-electron chi connectivity index (χ2n) is 7.13. The van der Waals surface area contributed by atoms with Crippen LogP contribution in [0.5, 0.6) is 0 Å². The Kier molecular flexibility index (Phi) is 6.22. The molecule has 128 valence electrons. The van der Waals surface area contributed by atoms with Crippen LogP contribution in [0.1, 0.15) is 52.0 Å². The minimum atomic E-state index is -0.939. The number of carbonyl (C=O) groups is 1. The quantitative estimate of drug-likeness (QED) is 0.902. The van der Waals surface area contributed by atoms with Crippen molar-refractivity contribution in [1.82, 2.24) is 4.90 Å². The lowest BCUT2D eigenvalue weighted by Gasteiger charge is -2.21. The number of nitrogens with one attached hydrogen (secondary N) is 1. The highest BCUT2D eigenvalue weighted by Gasteiger charge is 2.20. The highest BCUT2D eigenvalue weighted by molar-refractivity contribution is 7.85. The number of nitrogens with zero attached hydrogens (tertiary/aromatic N) is 1. The van der Waals surface area contributed by atoms with Gasteiger partial charge >= 0.3 is 6.03 Å². The molecular formula is C18H28N2O2S. The molecule has 1 aliphatic rings. The molecule has 1 aromatic rings. The maximum absolute atomic E-state index is 12.4. The maximum atomic E-state index is 12.4. The van der Waals surface area contributed by atoms with Gasteiger partial charge in [-0.1, -0.05) is 25.0 Å². The molecule has 23 heavy (non-hydrogen) atoms. The molecular weight excluding hydrogens is 308 g/mol. The molecule has 1 aliphatic heterocycles. The number of benzene rings is 1. The van der Waals surface area contributed by atoms with Gasteiger partial charge in [-0.25, -0.2) is 4.79 Å². The van der Waals surface area contributed by atoms with Crippen molar-refractivity contribution in [3.63, 3.8) is 0 Å². The van der Waals surface area contributed by atoms with Gasteiger partial charge in [0.15, 0.2) is 0 Å². The Labute approximate surface area is 142 Å². The summed E-state index contributed by atoms with van der Waals surface area (Å²) in [5, 5.41) is 2.98. The Balaban J connectivity index is 1.99. The fraction of sp³-hybridized carbons (Fsp3) is 0.611. The number of carbonyl (C=O) groups excluding carboxylic acids is 1. The molecule has 0 saturated carbocycles. The number of likely N-dealkylation sites (tertiary alicyclic amines) is 1. The van der Waals surface area contributed by atoms with Crippen LogP contribution in [0.25, 0.3) is 0 Å². The third-order valence-electron chi connectivity index (χ3n) is 4.05. The van der Waals surface area contributed by atoms with E-state index in [1.807, 2.05) is 49.9 Å². The molecule has 4 nitrogen and oxygen atoms in total. The van der Waals surface area contributed by atoms with Crippen molar-refractivity contribution in [3.05, 3.63) is 29.8 Å². The molecule has 1 N–H and O–H groups in total. The van der Waals surface area contributed by atoms with Crippen molar-refractivity contribution in [2.75, 3.05) is 18.4 Å². The third kappa shape index (κ3) is 5.65. The highest BCUT2D eigenvalue weighted by Crippen LogP contribution is 2.19. The van der Waals surface area contributed by atoms with Gasteiger partial charge in [0, 0.05) is 40.1 Å². The molecule has 1 saturated heterocycles. The first-order chi connectivity index (χ1) is 10.9. The van der Waals surface area contributed by atoms with Gasteiger partial charge in [0.25, 0.3) is 0 Å². The van der Waals surface area contributed by atoms with Crippen molar-refractivity contribution >= 4 is 22.5 Å². The van der Waals surface area contributed by atoms with E-state index in [1.165, 1.54) is 12.8 Å². The summed E-state index contributed by atoms with van der Waals surface area (Å²) in [5.74, 6) is 0.511. The Morgan fingerprint density at radius 1 is 1.17 bits per heavy atom. The zero-order valence-electron chi connectivity index (χ0n) is 14.4. The summed E-state index contributed by atoms with van der Waals surface area (Å²) < 4.78 is 12.0. The van der Waals surface area contributed by atoms with Gasteiger partial charge in [0.2, 0.25) is 0 Å². The van der Waals surface area contributed by atoms with E-state index in [0.717, 1.165) is 37.2 Å². The summed E-state index contributed by atoms with van der Waals surface area (Å²) in [5.41, 5.74) is 1.77. The van der Waals surface area contributed by atoms with E-state index in [-0.39, 0.29) is 10.8 Å². The van der Waals surface area contributed by atoms with Crippen molar-refractivity contribution in [1.29, 1.82) is 0 Å². The molecule has 0 unspecified atom stereocenters. The first kappa shape index (κ1) is 18.0. The average Bonchev–Trinajstić information content (AvgIpc) is 2.75. The van der Waals surface area contributed by atoms with E-state index >= 15 is 0 Å². The van der Waals surface area contributed by atoms with E-state index in [9.17, 15) is 9.00 Å². The van der Waals surface area contributed by atoms with Crippen LogP contribution in [-0.2, 0) is 16.6 Å². The zero-order valence-corrected chi connectivity index (χ0v) is 15.2. The van der Waals surface area contributed by atoms with Crippen molar-refractivity contribution < 1.29 is 9.00 Å². The zero-order chi connectivity index (χ0) is 16.9. The van der Waals surface area contributed by atoms with E-state index in [1.54, 1.807) is 0 Å². The van der Waals surface area contributed by atoms with E-state index in [2.05, 4.69) is 5.32 Å². The van der Waals surface area contributed by atoms with Crippen LogP contribution in [0.2, 0.25) is 0 Å². The lowest BCUT2D eigenvalue weighted by Crippen LogP contribution is -2.35. The molecule has 1 aromatic carbocycles. The Bertz CT molecular complexity index is 558. The van der Waals surface area contributed by atoms with Gasteiger partial charge in [-0.05, 0) is 51.3 Å². The predicted octanol–water partition coefficient (Wildman–Crippen LogP) is 4.14. The number of hydrogen-bond acceptors (Lipinski definition) is 2. The van der Waals surface area contributed by atoms with Gasteiger partial charge in [-0.15, -0.1) is 0 Å². The van der Waals surface area contributed by atoms with Crippen LogP contribution in [-0.4, -0.2) is 33.0 Å². The second-order valence-corrected chi connectivity index (χ2v) is 9.34. The monoisotopic (exact) mass is 336 g/mol. The molecule has 2 amide bonds. The Morgan fingerprint density at radius 3 is 2.43 bits per heavy atom. The number of amides is 2. The van der Waals surface area contributed by atoms with Crippen molar-refractivity contribution in [2.24, 2.45) is 0 Å². The molecule has 1 fully saturated rings. The number of rotatable bonds is 3. The minimum absolute atomic E-state index is 0.0269.